The lowest BCUT2D eigenvalue weighted by molar-refractivity contribution is 0.253. The summed E-state index contributed by atoms with van der Waals surface area (Å²) in [5, 5.41) is 8.94. The largest absolute Gasteiger partial charge is 0.726 e. The van der Waals surface area contributed by atoms with Gasteiger partial charge in [-0.05, 0) is 29.8 Å². The minimum Gasteiger partial charge on any atom is -0.726 e. The molecule has 0 aliphatic heterocycles. The van der Waals surface area contributed by atoms with E-state index >= 15 is 0 Å². The minimum atomic E-state index is -4.57. The summed E-state index contributed by atoms with van der Waals surface area (Å²) >= 11 is 0. The number of rotatable bonds is 4. The molecule has 0 amide bonds. The summed E-state index contributed by atoms with van der Waals surface area (Å²) in [7, 11) is -4.27. The van der Waals surface area contributed by atoms with Crippen LogP contribution in [-0.4, -0.2) is 30.6 Å². The Bertz CT molecular complexity index is 652. The molecule has 0 saturated heterocycles. The van der Waals surface area contributed by atoms with Gasteiger partial charge < -0.3 is 9.66 Å². The first-order valence-electron chi connectivity index (χ1n) is 6.29. The summed E-state index contributed by atoms with van der Waals surface area (Å²) in [6, 6.07) is 16.0. The lowest BCUT2D eigenvalue weighted by atomic mass is 10.2. The van der Waals surface area contributed by atoms with Gasteiger partial charge in [-0.3, -0.25) is 4.18 Å². The quantitative estimate of drug-likeness (QED) is 0.523. The van der Waals surface area contributed by atoms with Crippen molar-refractivity contribution in [3.05, 3.63) is 60.2 Å². The molecule has 22 heavy (non-hydrogen) atoms. The Morgan fingerprint density at radius 3 is 2.05 bits per heavy atom. The number of hydrogen-bond donors (Lipinski definition) is 1. The van der Waals surface area contributed by atoms with E-state index in [9.17, 15) is 13.0 Å². The first-order chi connectivity index (χ1) is 10.3. The highest BCUT2D eigenvalue weighted by Crippen LogP contribution is 2.13. The lowest BCUT2D eigenvalue weighted by Gasteiger charge is -2.06. The standard InChI is InChI=1S/C8H10OS.C7H8O4S/c1-10(2)8-5-3-7(9)4-6-8;8-12(9,10)11-6-7-4-2-1-3-5-7/h3-6H,1-2H3;1-5H,6H2,(H,8,9,10). The SMILES string of the molecule is C[S+](C)c1ccc(O)cc1.O=S(=O)([O-])OCc1ccccc1. The van der Waals surface area contributed by atoms with Crippen LogP contribution in [0.2, 0.25) is 0 Å². The van der Waals surface area contributed by atoms with Crippen LogP contribution < -0.4 is 0 Å². The third kappa shape index (κ3) is 8.04. The van der Waals surface area contributed by atoms with Crippen molar-refractivity contribution >= 4 is 21.3 Å². The van der Waals surface area contributed by atoms with E-state index in [2.05, 4.69) is 16.7 Å². The Morgan fingerprint density at radius 1 is 1.05 bits per heavy atom. The molecule has 0 radical (unpaired) electrons. The van der Waals surface area contributed by atoms with Crippen molar-refractivity contribution in [2.75, 3.05) is 12.5 Å². The Balaban J connectivity index is 0.000000224. The molecule has 0 unspecified atom stereocenters. The van der Waals surface area contributed by atoms with Gasteiger partial charge in [0.15, 0.2) is 4.90 Å². The van der Waals surface area contributed by atoms with Crippen molar-refractivity contribution in [2.24, 2.45) is 0 Å². The van der Waals surface area contributed by atoms with E-state index in [0.29, 0.717) is 22.2 Å². The minimum absolute atomic E-state index is 0.202. The second-order valence-electron chi connectivity index (χ2n) is 4.47. The molecule has 0 bridgehead atoms. The molecule has 0 atom stereocenters. The maximum atomic E-state index is 10.0. The third-order valence-electron chi connectivity index (χ3n) is 2.52. The van der Waals surface area contributed by atoms with Crippen molar-refractivity contribution in [1.29, 1.82) is 0 Å². The van der Waals surface area contributed by atoms with Crippen LogP contribution in [0, 0.1) is 0 Å². The van der Waals surface area contributed by atoms with Crippen molar-refractivity contribution in [3.63, 3.8) is 0 Å². The van der Waals surface area contributed by atoms with Gasteiger partial charge in [0.05, 0.1) is 6.61 Å². The van der Waals surface area contributed by atoms with Crippen molar-refractivity contribution in [1.82, 2.24) is 0 Å². The van der Waals surface area contributed by atoms with E-state index in [1.807, 2.05) is 12.1 Å². The second-order valence-corrected chi connectivity index (χ2v) is 7.62. The van der Waals surface area contributed by atoms with Gasteiger partial charge in [0.25, 0.3) is 0 Å². The van der Waals surface area contributed by atoms with Crippen LogP contribution in [0.1, 0.15) is 5.56 Å². The lowest BCUT2D eigenvalue weighted by Crippen LogP contribution is -2.03. The molecule has 7 heteroatoms. The fraction of sp³-hybridized carbons (Fsp3) is 0.200. The molecule has 0 saturated carbocycles. The molecular formula is C15H18O5S2. The highest BCUT2D eigenvalue weighted by molar-refractivity contribution is 7.95. The number of phenols is 1. The highest BCUT2D eigenvalue weighted by atomic mass is 32.3. The normalized spacial score (nSPS) is 10.9. The molecule has 2 rings (SSSR count). The molecule has 0 aliphatic carbocycles. The topological polar surface area (TPSA) is 86.7 Å². The first kappa shape index (κ1) is 18.5. The van der Waals surface area contributed by atoms with Crippen LogP contribution in [0.3, 0.4) is 0 Å². The van der Waals surface area contributed by atoms with Gasteiger partial charge in [0.2, 0.25) is 10.4 Å². The van der Waals surface area contributed by atoms with Gasteiger partial charge in [-0.1, -0.05) is 30.3 Å². The van der Waals surface area contributed by atoms with Gasteiger partial charge in [0.1, 0.15) is 18.3 Å². The van der Waals surface area contributed by atoms with E-state index in [1.54, 1.807) is 42.5 Å². The molecule has 120 valence electrons. The maximum absolute atomic E-state index is 10.0. The summed E-state index contributed by atoms with van der Waals surface area (Å²) < 4.78 is 34.1. The summed E-state index contributed by atoms with van der Waals surface area (Å²) in [5.41, 5.74) is 0.650. The molecule has 0 heterocycles. The molecule has 0 spiro atoms. The van der Waals surface area contributed by atoms with Crippen molar-refractivity contribution < 1.29 is 22.3 Å². The number of phenolic OH excluding ortho intramolecular Hbond substituents is 1. The van der Waals surface area contributed by atoms with Gasteiger partial charge >= 0.3 is 0 Å². The molecule has 0 aliphatic rings. The highest BCUT2D eigenvalue weighted by Gasteiger charge is 2.05. The average molecular weight is 342 g/mol. The van der Waals surface area contributed by atoms with Gasteiger partial charge in [-0.2, -0.15) is 0 Å². The van der Waals surface area contributed by atoms with Crippen LogP contribution in [0.5, 0.6) is 5.75 Å². The van der Waals surface area contributed by atoms with Crippen LogP contribution in [0.4, 0.5) is 0 Å². The average Bonchev–Trinajstić information content (AvgIpc) is 2.47. The Labute approximate surface area is 133 Å². The Kier molecular flexibility index (Phi) is 7.40. The smallest absolute Gasteiger partial charge is 0.217 e. The molecule has 5 nitrogen and oxygen atoms in total. The predicted octanol–water partition coefficient (Wildman–Crippen LogP) is 2.29. The van der Waals surface area contributed by atoms with E-state index < -0.39 is 10.4 Å². The van der Waals surface area contributed by atoms with E-state index in [-0.39, 0.29) is 6.61 Å². The zero-order valence-electron chi connectivity index (χ0n) is 12.3. The van der Waals surface area contributed by atoms with Crippen molar-refractivity contribution in [2.45, 2.75) is 11.5 Å². The summed E-state index contributed by atoms with van der Waals surface area (Å²) in [6.45, 7) is -0.202. The molecule has 0 aromatic heterocycles. The summed E-state index contributed by atoms with van der Waals surface area (Å²) in [5.74, 6) is 0.342. The maximum Gasteiger partial charge on any atom is 0.217 e. The molecule has 1 N–H and O–H groups in total. The molecule has 2 aromatic rings. The number of aromatic hydroxyl groups is 1. The zero-order valence-corrected chi connectivity index (χ0v) is 13.9. The second kappa shape index (κ2) is 8.79. The van der Waals surface area contributed by atoms with Gasteiger partial charge in [-0.25, -0.2) is 8.42 Å². The van der Waals surface area contributed by atoms with Gasteiger partial charge in [0, 0.05) is 10.9 Å². The number of hydrogen-bond acceptors (Lipinski definition) is 5. The Morgan fingerprint density at radius 2 is 1.59 bits per heavy atom. The third-order valence-corrected chi connectivity index (χ3v) is 4.14. The first-order valence-corrected chi connectivity index (χ1v) is 9.66. The summed E-state index contributed by atoms with van der Waals surface area (Å²) in [4.78, 5) is 1.29. The Hall–Kier alpha value is -1.54. The van der Waals surface area contributed by atoms with E-state index in [1.165, 1.54) is 4.90 Å². The number of benzene rings is 2. The predicted molar refractivity (Wildman–Crippen MR) is 86.5 cm³/mol. The zero-order chi connectivity index (χ0) is 16.6. The molecular weight excluding hydrogens is 324 g/mol. The van der Waals surface area contributed by atoms with Gasteiger partial charge in [-0.15, -0.1) is 0 Å². The molecule has 0 fully saturated rings. The van der Waals surface area contributed by atoms with Crippen molar-refractivity contribution in [3.8, 4) is 5.75 Å². The fourth-order valence-electron chi connectivity index (χ4n) is 1.43. The van der Waals surface area contributed by atoms with E-state index in [0.717, 1.165) is 0 Å². The van der Waals surface area contributed by atoms with Crippen LogP contribution in [-0.2, 0) is 32.1 Å². The van der Waals surface area contributed by atoms with E-state index in [4.69, 9.17) is 5.11 Å². The molecule has 2 aromatic carbocycles. The van der Waals surface area contributed by atoms with Crippen LogP contribution in [0.25, 0.3) is 0 Å². The fourth-order valence-corrected chi connectivity index (χ4v) is 2.39. The summed E-state index contributed by atoms with van der Waals surface area (Å²) in [6.07, 6.45) is 4.32. The van der Waals surface area contributed by atoms with Crippen LogP contribution >= 0.6 is 0 Å². The monoisotopic (exact) mass is 342 g/mol. The van der Waals surface area contributed by atoms with Crippen LogP contribution in [0.15, 0.2) is 59.5 Å².